The van der Waals surface area contributed by atoms with Gasteiger partial charge in [0.25, 0.3) is 5.24 Å². The van der Waals surface area contributed by atoms with Crippen LogP contribution in [-0.4, -0.2) is 22.3 Å². The van der Waals surface area contributed by atoms with Crippen molar-refractivity contribution in [1.82, 2.24) is 9.97 Å². The summed E-state index contributed by atoms with van der Waals surface area (Å²) in [4.78, 5) is 20.7. The van der Waals surface area contributed by atoms with Crippen molar-refractivity contribution < 1.29 is 13.6 Å². The average Bonchev–Trinajstić information content (AvgIpc) is 2.96. The molecule has 0 bridgehead atoms. The van der Waals surface area contributed by atoms with Gasteiger partial charge in [0.15, 0.2) is 10.9 Å². The number of nitrogens with zero attached hydrogens (tertiary/aromatic N) is 3. The van der Waals surface area contributed by atoms with E-state index in [0.29, 0.717) is 10.3 Å². The standard InChI is InChI=1S/C14H8BrF2N3OS2/c1-20(14(21)22)13-19-11-9(17)7(15)5-6(12(11)23-13)10-8(16)3-2-4-18-10/h2-5H,1H3,(H,21,22). The molecule has 0 N–H and O–H groups in total. The van der Waals surface area contributed by atoms with E-state index in [0.717, 1.165) is 11.3 Å². The van der Waals surface area contributed by atoms with Crippen LogP contribution in [0.15, 0.2) is 28.9 Å². The Morgan fingerprint density at radius 2 is 2.17 bits per heavy atom. The summed E-state index contributed by atoms with van der Waals surface area (Å²) in [7, 11) is 1.47. The lowest BCUT2D eigenvalue weighted by Gasteiger charge is -2.08. The Morgan fingerprint density at radius 1 is 1.43 bits per heavy atom. The molecule has 4 nitrogen and oxygen atoms in total. The largest absolute Gasteiger partial charge is 0.284 e. The van der Waals surface area contributed by atoms with Gasteiger partial charge in [0.1, 0.15) is 17.0 Å². The first-order chi connectivity index (χ1) is 10.9. The van der Waals surface area contributed by atoms with Crippen LogP contribution in [0.25, 0.3) is 21.5 Å². The summed E-state index contributed by atoms with van der Waals surface area (Å²) < 4.78 is 28.9. The van der Waals surface area contributed by atoms with Crippen LogP contribution in [0.4, 0.5) is 18.7 Å². The summed E-state index contributed by atoms with van der Waals surface area (Å²) in [6.07, 6.45) is 1.45. The Morgan fingerprint density at radius 3 is 2.83 bits per heavy atom. The second-order valence-corrected chi connectivity index (χ2v) is 6.78. The van der Waals surface area contributed by atoms with Gasteiger partial charge in [-0.2, -0.15) is 0 Å². The van der Waals surface area contributed by atoms with Crippen molar-refractivity contribution in [2.75, 3.05) is 11.9 Å². The summed E-state index contributed by atoms with van der Waals surface area (Å²) in [5, 5.41) is -0.274. The summed E-state index contributed by atoms with van der Waals surface area (Å²) in [5.74, 6) is -1.11. The number of benzene rings is 1. The molecule has 118 valence electrons. The minimum Gasteiger partial charge on any atom is -0.282 e. The Bertz CT molecular complexity index is 932. The lowest BCUT2D eigenvalue weighted by Crippen LogP contribution is -2.19. The first kappa shape index (κ1) is 16.3. The molecule has 23 heavy (non-hydrogen) atoms. The van der Waals surface area contributed by atoms with Crippen molar-refractivity contribution >= 4 is 60.5 Å². The van der Waals surface area contributed by atoms with E-state index in [1.54, 1.807) is 0 Å². The Balaban J connectivity index is 2.33. The number of amides is 1. The quantitative estimate of drug-likeness (QED) is 0.606. The van der Waals surface area contributed by atoms with Crippen LogP contribution in [-0.2, 0) is 0 Å². The second-order valence-electron chi connectivity index (χ2n) is 4.57. The highest BCUT2D eigenvalue weighted by Gasteiger charge is 2.21. The van der Waals surface area contributed by atoms with Crippen molar-refractivity contribution in [1.29, 1.82) is 0 Å². The molecule has 2 heterocycles. The van der Waals surface area contributed by atoms with Gasteiger partial charge in [-0.05, 0) is 34.1 Å². The predicted octanol–water partition coefficient (Wildman–Crippen LogP) is 4.89. The van der Waals surface area contributed by atoms with E-state index in [-0.39, 0.29) is 20.8 Å². The van der Waals surface area contributed by atoms with Gasteiger partial charge >= 0.3 is 0 Å². The van der Waals surface area contributed by atoms with Crippen molar-refractivity contribution in [3.63, 3.8) is 0 Å². The molecule has 0 atom stereocenters. The number of pyridine rings is 1. The topological polar surface area (TPSA) is 46.1 Å². The number of rotatable bonds is 2. The highest BCUT2D eigenvalue weighted by Crippen LogP contribution is 2.40. The molecule has 0 spiro atoms. The monoisotopic (exact) mass is 415 g/mol. The van der Waals surface area contributed by atoms with E-state index < -0.39 is 16.9 Å². The molecule has 3 rings (SSSR count). The van der Waals surface area contributed by atoms with Crippen LogP contribution < -0.4 is 4.90 Å². The third-order valence-electron chi connectivity index (χ3n) is 3.14. The first-order valence-electron chi connectivity index (χ1n) is 6.26. The minimum absolute atomic E-state index is 0.0425. The fraction of sp³-hybridized carbons (Fsp3) is 0.0714. The molecule has 0 radical (unpaired) electrons. The fourth-order valence-corrected chi connectivity index (χ4v) is 3.61. The molecule has 9 heteroatoms. The van der Waals surface area contributed by atoms with E-state index in [4.69, 9.17) is 0 Å². The number of hydrogen-bond donors (Lipinski definition) is 1. The van der Waals surface area contributed by atoms with Crippen LogP contribution in [0, 0.1) is 11.6 Å². The van der Waals surface area contributed by atoms with Gasteiger partial charge in [-0.3, -0.25) is 14.7 Å². The molecule has 0 saturated heterocycles. The number of thiol groups is 1. The van der Waals surface area contributed by atoms with E-state index in [2.05, 4.69) is 38.5 Å². The molecule has 0 saturated carbocycles. The third-order valence-corrected chi connectivity index (χ3v) is 5.18. The maximum absolute atomic E-state index is 14.3. The molecule has 0 unspecified atom stereocenters. The molecule has 2 aromatic heterocycles. The van der Waals surface area contributed by atoms with Gasteiger partial charge in [0.2, 0.25) is 0 Å². The van der Waals surface area contributed by atoms with Gasteiger partial charge in [-0.25, -0.2) is 13.8 Å². The molecular formula is C14H8BrF2N3OS2. The zero-order valence-corrected chi connectivity index (χ0v) is 14.8. The van der Waals surface area contributed by atoms with Crippen LogP contribution >= 0.6 is 39.9 Å². The fourth-order valence-electron chi connectivity index (χ4n) is 1.99. The summed E-state index contributed by atoms with van der Waals surface area (Å²) >= 11 is 7.90. The Hall–Kier alpha value is -1.58. The van der Waals surface area contributed by atoms with Gasteiger partial charge in [0, 0.05) is 18.8 Å². The van der Waals surface area contributed by atoms with Crippen LogP contribution in [0.3, 0.4) is 0 Å². The van der Waals surface area contributed by atoms with Crippen LogP contribution in [0.5, 0.6) is 0 Å². The lowest BCUT2D eigenvalue weighted by atomic mass is 10.1. The van der Waals surface area contributed by atoms with E-state index in [1.807, 2.05) is 0 Å². The molecule has 3 aromatic rings. The average molecular weight is 416 g/mol. The maximum atomic E-state index is 14.3. The molecule has 0 fully saturated rings. The highest BCUT2D eigenvalue weighted by molar-refractivity contribution is 9.10. The smallest absolute Gasteiger partial charge is 0.282 e. The van der Waals surface area contributed by atoms with Gasteiger partial charge in [-0.1, -0.05) is 24.0 Å². The summed E-state index contributed by atoms with van der Waals surface area (Å²) in [6.45, 7) is 0. The molecule has 1 amide bonds. The first-order valence-corrected chi connectivity index (χ1v) is 8.32. The Labute approximate surface area is 147 Å². The number of fused-ring (bicyclic) bond motifs is 1. The zero-order chi connectivity index (χ0) is 16.7. The molecular weight excluding hydrogens is 408 g/mol. The second kappa shape index (κ2) is 6.14. The van der Waals surface area contributed by atoms with E-state index in [1.165, 1.54) is 36.3 Å². The number of hydrogen-bond acceptors (Lipinski definition) is 4. The number of aromatic nitrogens is 2. The van der Waals surface area contributed by atoms with Crippen molar-refractivity contribution in [3.05, 3.63) is 40.5 Å². The predicted molar refractivity (Wildman–Crippen MR) is 93.3 cm³/mol. The van der Waals surface area contributed by atoms with Gasteiger partial charge in [-0.15, -0.1) is 0 Å². The molecule has 1 aromatic carbocycles. The van der Waals surface area contributed by atoms with Gasteiger partial charge < -0.3 is 0 Å². The van der Waals surface area contributed by atoms with Crippen molar-refractivity contribution in [3.8, 4) is 11.3 Å². The lowest BCUT2D eigenvalue weighted by molar-refractivity contribution is 0.266. The number of anilines is 1. The maximum Gasteiger partial charge on any atom is 0.284 e. The van der Waals surface area contributed by atoms with E-state index in [9.17, 15) is 13.6 Å². The number of thiazole rings is 1. The highest BCUT2D eigenvalue weighted by atomic mass is 79.9. The number of halogens is 3. The van der Waals surface area contributed by atoms with Gasteiger partial charge in [0.05, 0.1) is 9.17 Å². The van der Waals surface area contributed by atoms with Crippen molar-refractivity contribution in [2.24, 2.45) is 0 Å². The van der Waals surface area contributed by atoms with Crippen LogP contribution in [0.2, 0.25) is 0 Å². The Kier molecular flexibility index (Phi) is 4.35. The molecule has 0 aliphatic heterocycles. The summed E-state index contributed by atoms with van der Waals surface area (Å²) in [5.41, 5.74) is 0.532. The van der Waals surface area contributed by atoms with Crippen LogP contribution in [0.1, 0.15) is 0 Å². The number of carbonyl (C=O) groups excluding carboxylic acids is 1. The normalized spacial score (nSPS) is 11.0. The SMILES string of the molecule is CN(C(=O)S)c1nc2c(F)c(Br)cc(-c3ncccc3F)c2s1. The molecule has 0 aliphatic carbocycles. The van der Waals surface area contributed by atoms with Crippen molar-refractivity contribution in [2.45, 2.75) is 0 Å². The molecule has 0 aliphatic rings. The number of carbonyl (C=O) groups is 1. The summed E-state index contributed by atoms with van der Waals surface area (Å²) in [6, 6.07) is 4.20. The van der Waals surface area contributed by atoms with E-state index >= 15 is 0 Å². The third kappa shape index (κ3) is 2.84. The minimum atomic E-state index is -0.581. The zero-order valence-electron chi connectivity index (χ0n) is 11.5.